The Morgan fingerprint density at radius 1 is 0.260 bits per heavy atom. The molecular formula is C67H126O6. The first-order chi connectivity index (χ1) is 36.0. The number of esters is 3. The van der Waals surface area contributed by atoms with Gasteiger partial charge in [-0.15, -0.1) is 0 Å². The zero-order valence-electron chi connectivity index (χ0n) is 49.4. The van der Waals surface area contributed by atoms with E-state index in [1.807, 2.05) is 0 Å². The Balaban J connectivity index is 3.85. The molecule has 0 aliphatic carbocycles. The number of ether oxygens (including phenoxy) is 3. The Morgan fingerprint density at radius 2 is 0.452 bits per heavy atom. The zero-order valence-corrected chi connectivity index (χ0v) is 49.4. The standard InChI is InChI=1S/C67H126O6/c1-4-7-10-13-16-18-20-22-24-25-26-27-28-29-30-31-32-33-34-35-36-37-38-39-40-41-42-43-44-46-47-49-51-54-57-60-66(69)72-63-64(62-71-65(68)59-56-53-15-12-9-6-3)73-67(70)61-58-55-52-50-48-45-23-21-19-17-14-11-8-5-2/h21,23,25-26,64H,4-20,22,24,27-63H2,1-3H3/b23-21-,26-25-. The lowest BCUT2D eigenvalue weighted by Crippen LogP contribution is -2.30. The molecule has 0 radical (unpaired) electrons. The van der Waals surface area contributed by atoms with Crippen LogP contribution in [0.2, 0.25) is 0 Å². The smallest absolute Gasteiger partial charge is 0.306 e. The summed E-state index contributed by atoms with van der Waals surface area (Å²) in [5.41, 5.74) is 0. The van der Waals surface area contributed by atoms with E-state index in [1.165, 1.54) is 263 Å². The minimum atomic E-state index is -0.768. The number of hydrogen-bond donors (Lipinski definition) is 0. The van der Waals surface area contributed by atoms with Crippen molar-refractivity contribution in [1.82, 2.24) is 0 Å². The van der Waals surface area contributed by atoms with Crippen molar-refractivity contribution in [3.05, 3.63) is 24.3 Å². The molecule has 0 heterocycles. The van der Waals surface area contributed by atoms with Gasteiger partial charge in [-0.2, -0.15) is 0 Å². The lowest BCUT2D eigenvalue weighted by molar-refractivity contribution is -0.167. The normalized spacial score (nSPS) is 12.1. The molecular weight excluding hydrogens is 901 g/mol. The number of unbranched alkanes of at least 4 members (excludes halogenated alkanes) is 46. The highest BCUT2D eigenvalue weighted by molar-refractivity contribution is 5.71. The van der Waals surface area contributed by atoms with E-state index in [0.717, 1.165) is 64.2 Å². The van der Waals surface area contributed by atoms with Crippen molar-refractivity contribution in [3.8, 4) is 0 Å². The monoisotopic (exact) mass is 1030 g/mol. The lowest BCUT2D eigenvalue weighted by Gasteiger charge is -2.18. The first kappa shape index (κ1) is 70.9. The summed E-state index contributed by atoms with van der Waals surface area (Å²) in [6, 6.07) is 0. The van der Waals surface area contributed by atoms with Gasteiger partial charge in [0.1, 0.15) is 13.2 Å². The largest absolute Gasteiger partial charge is 0.462 e. The summed E-state index contributed by atoms with van der Waals surface area (Å²) in [6.45, 7) is 6.61. The van der Waals surface area contributed by atoms with Gasteiger partial charge in [0.2, 0.25) is 0 Å². The van der Waals surface area contributed by atoms with Crippen LogP contribution in [0.1, 0.15) is 367 Å². The third-order valence-corrected chi connectivity index (χ3v) is 14.9. The molecule has 0 saturated heterocycles. The van der Waals surface area contributed by atoms with Crippen molar-refractivity contribution in [2.75, 3.05) is 13.2 Å². The molecule has 1 unspecified atom stereocenters. The Labute approximate surface area is 455 Å². The predicted molar refractivity (Wildman–Crippen MR) is 316 cm³/mol. The Bertz CT molecular complexity index is 1180. The van der Waals surface area contributed by atoms with Crippen LogP contribution in [0, 0.1) is 0 Å². The predicted octanol–water partition coefficient (Wildman–Crippen LogP) is 22.2. The van der Waals surface area contributed by atoms with E-state index < -0.39 is 6.10 Å². The highest BCUT2D eigenvalue weighted by atomic mass is 16.6. The minimum absolute atomic E-state index is 0.0698. The van der Waals surface area contributed by atoms with Crippen LogP contribution < -0.4 is 0 Å². The lowest BCUT2D eigenvalue weighted by atomic mass is 10.0. The molecule has 0 bridgehead atoms. The topological polar surface area (TPSA) is 78.9 Å². The highest BCUT2D eigenvalue weighted by Gasteiger charge is 2.19. The molecule has 0 N–H and O–H groups in total. The summed E-state index contributed by atoms with van der Waals surface area (Å²) in [4.78, 5) is 37.9. The molecule has 0 amide bonds. The molecule has 6 nitrogen and oxygen atoms in total. The summed E-state index contributed by atoms with van der Waals surface area (Å²) >= 11 is 0. The molecule has 0 aromatic carbocycles. The number of hydrogen-bond acceptors (Lipinski definition) is 6. The fourth-order valence-electron chi connectivity index (χ4n) is 9.97. The van der Waals surface area contributed by atoms with Crippen LogP contribution in [0.4, 0.5) is 0 Å². The number of allylic oxidation sites excluding steroid dienone is 4. The average Bonchev–Trinajstić information content (AvgIpc) is 3.39. The third-order valence-electron chi connectivity index (χ3n) is 14.9. The van der Waals surface area contributed by atoms with Crippen molar-refractivity contribution in [2.45, 2.75) is 374 Å². The summed E-state index contributed by atoms with van der Waals surface area (Å²) in [7, 11) is 0. The van der Waals surface area contributed by atoms with Gasteiger partial charge in [0, 0.05) is 19.3 Å². The maximum atomic E-state index is 12.8. The van der Waals surface area contributed by atoms with Crippen molar-refractivity contribution in [2.24, 2.45) is 0 Å². The van der Waals surface area contributed by atoms with Crippen LogP contribution in [-0.4, -0.2) is 37.2 Å². The summed E-state index contributed by atoms with van der Waals surface area (Å²) in [6.07, 6.45) is 75.4. The second-order valence-electron chi connectivity index (χ2n) is 22.4. The molecule has 0 aromatic heterocycles. The van der Waals surface area contributed by atoms with Gasteiger partial charge in [0.15, 0.2) is 6.10 Å². The Hall–Kier alpha value is -2.11. The van der Waals surface area contributed by atoms with Gasteiger partial charge in [-0.05, 0) is 70.6 Å². The maximum absolute atomic E-state index is 12.8. The number of rotatable bonds is 61. The molecule has 73 heavy (non-hydrogen) atoms. The SMILES string of the molecule is CCCCCCC/C=C\CCCCCCCC(=O)OC(COC(=O)CCCCCCCC)COC(=O)CCCCCCCCCCCCCCCCCCCCCCCCC/C=C\CCCCCCCCCC. The van der Waals surface area contributed by atoms with Crippen LogP contribution in [0.3, 0.4) is 0 Å². The van der Waals surface area contributed by atoms with Crippen molar-refractivity contribution in [1.29, 1.82) is 0 Å². The van der Waals surface area contributed by atoms with Crippen LogP contribution in [0.25, 0.3) is 0 Å². The second kappa shape index (κ2) is 62.4. The average molecular weight is 1030 g/mol. The number of carbonyl (C=O) groups excluding carboxylic acids is 3. The van der Waals surface area contributed by atoms with Crippen LogP contribution >= 0.6 is 0 Å². The van der Waals surface area contributed by atoms with Crippen LogP contribution in [-0.2, 0) is 28.6 Å². The van der Waals surface area contributed by atoms with Gasteiger partial charge in [0.05, 0.1) is 0 Å². The quantitative estimate of drug-likeness (QED) is 0.0261. The van der Waals surface area contributed by atoms with E-state index >= 15 is 0 Å². The maximum Gasteiger partial charge on any atom is 0.306 e. The summed E-state index contributed by atoms with van der Waals surface area (Å²) in [5, 5.41) is 0. The van der Waals surface area contributed by atoms with E-state index in [4.69, 9.17) is 14.2 Å². The van der Waals surface area contributed by atoms with Gasteiger partial charge in [0.25, 0.3) is 0 Å². The molecule has 0 rings (SSSR count). The van der Waals surface area contributed by atoms with E-state index in [-0.39, 0.29) is 31.1 Å². The van der Waals surface area contributed by atoms with Crippen LogP contribution in [0.5, 0.6) is 0 Å². The van der Waals surface area contributed by atoms with Crippen molar-refractivity contribution >= 4 is 17.9 Å². The molecule has 0 spiro atoms. The Morgan fingerprint density at radius 3 is 0.685 bits per heavy atom. The fourth-order valence-corrected chi connectivity index (χ4v) is 9.97. The van der Waals surface area contributed by atoms with Gasteiger partial charge in [-0.3, -0.25) is 14.4 Å². The molecule has 0 fully saturated rings. The zero-order chi connectivity index (χ0) is 52.9. The highest BCUT2D eigenvalue weighted by Crippen LogP contribution is 2.18. The number of carbonyl (C=O) groups is 3. The summed E-state index contributed by atoms with van der Waals surface area (Å²) < 4.78 is 16.8. The van der Waals surface area contributed by atoms with E-state index in [0.29, 0.717) is 19.3 Å². The van der Waals surface area contributed by atoms with Gasteiger partial charge < -0.3 is 14.2 Å². The van der Waals surface area contributed by atoms with E-state index in [1.54, 1.807) is 0 Å². The van der Waals surface area contributed by atoms with Crippen molar-refractivity contribution in [3.63, 3.8) is 0 Å². The molecule has 430 valence electrons. The Kier molecular flexibility index (Phi) is 60.6. The molecule has 0 aliphatic heterocycles. The molecule has 0 saturated carbocycles. The van der Waals surface area contributed by atoms with Gasteiger partial charge >= 0.3 is 17.9 Å². The van der Waals surface area contributed by atoms with Gasteiger partial charge in [-0.25, -0.2) is 0 Å². The van der Waals surface area contributed by atoms with E-state index in [2.05, 4.69) is 45.1 Å². The molecule has 0 aromatic rings. The molecule has 6 heteroatoms. The van der Waals surface area contributed by atoms with Crippen LogP contribution in [0.15, 0.2) is 24.3 Å². The summed E-state index contributed by atoms with van der Waals surface area (Å²) in [5.74, 6) is -0.869. The first-order valence-corrected chi connectivity index (χ1v) is 32.8. The second-order valence-corrected chi connectivity index (χ2v) is 22.4. The minimum Gasteiger partial charge on any atom is -0.462 e. The molecule has 1 atom stereocenters. The first-order valence-electron chi connectivity index (χ1n) is 32.8. The third kappa shape index (κ3) is 60.6. The van der Waals surface area contributed by atoms with Gasteiger partial charge in [-0.1, -0.05) is 302 Å². The van der Waals surface area contributed by atoms with Crippen molar-refractivity contribution < 1.29 is 28.6 Å². The fraction of sp³-hybridized carbons (Fsp3) is 0.896. The van der Waals surface area contributed by atoms with E-state index in [9.17, 15) is 14.4 Å². The molecule has 0 aliphatic rings.